The zero-order chi connectivity index (χ0) is 45.1. The molecule has 0 fully saturated rings. The average Bonchev–Trinajstić information content (AvgIpc) is 3.27. The van der Waals surface area contributed by atoms with E-state index >= 15 is 0 Å². The molecule has 62 heavy (non-hydrogen) atoms. The number of hydrogen-bond donors (Lipinski definition) is 0. The zero-order valence-corrected chi connectivity index (χ0v) is 40.4. The van der Waals surface area contributed by atoms with Gasteiger partial charge in [0.15, 0.2) is 6.10 Å². The SMILES string of the molecule is CC/C=C\C/C=C\C/C=C\C/C=C\C/C=C\CCCCCC(=O)OCC(COC(=O)CCCCCCCC)OC(=O)CCCCCCCCCCC/C=C\C/C=C\CCCCC. The molecule has 0 rings (SSSR count). The Morgan fingerprint density at radius 2 is 0.629 bits per heavy atom. The Bertz CT molecular complexity index is 1220. The quantitative estimate of drug-likeness (QED) is 0.0263. The van der Waals surface area contributed by atoms with Crippen LogP contribution < -0.4 is 0 Å². The van der Waals surface area contributed by atoms with Crippen LogP contribution in [0.4, 0.5) is 0 Å². The third-order valence-electron chi connectivity index (χ3n) is 10.6. The first-order valence-electron chi connectivity index (χ1n) is 25.6. The number of carbonyl (C=O) groups is 3. The fraction of sp³-hybridized carbons (Fsp3) is 0.696. The molecule has 0 aromatic heterocycles. The maximum absolute atomic E-state index is 12.8. The second kappa shape index (κ2) is 50.2. The number of allylic oxidation sites excluding steroid dienone is 14. The van der Waals surface area contributed by atoms with E-state index in [1.807, 2.05) is 0 Å². The molecule has 1 unspecified atom stereocenters. The number of esters is 3. The van der Waals surface area contributed by atoms with Crippen molar-refractivity contribution < 1.29 is 28.6 Å². The Hall–Kier alpha value is -3.41. The summed E-state index contributed by atoms with van der Waals surface area (Å²) in [6.45, 7) is 6.40. The highest BCUT2D eigenvalue weighted by molar-refractivity contribution is 5.71. The lowest BCUT2D eigenvalue weighted by atomic mass is 10.1. The molecule has 0 bridgehead atoms. The second-order valence-electron chi connectivity index (χ2n) is 16.7. The van der Waals surface area contributed by atoms with E-state index < -0.39 is 6.10 Å². The van der Waals surface area contributed by atoms with Crippen LogP contribution in [0.3, 0.4) is 0 Å². The van der Waals surface area contributed by atoms with Crippen molar-refractivity contribution in [3.05, 3.63) is 85.1 Å². The van der Waals surface area contributed by atoms with Crippen LogP contribution in [0, 0.1) is 0 Å². The summed E-state index contributed by atoms with van der Waals surface area (Å²) in [5.41, 5.74) is 0. The number of ether oxygens (including phenoxy) is 3. The highest BCUT2D eigenvalue weighted by Crippen LogP contribution is 2.14. The molecule has 0 saturated carbocycles. The first kappa shape index (κ1) is 58.6. The molecule has 0 radical (unpaired) electrons. The van der Waals surface area contributed by atoms with E-state index in [0.29, 0.717) is 19.3 Å². The fourth-order valence-electron chi connectivity index (χ4n) is 6.79. The maximum atomic E-state index is 12.8. The van der Waals surface area contributed by atoms with Crippen LogP contribution >= 0.6 is 0 Å². The van der Waals surface area contributed by atoms with Gasteiger partial charge in [0, 0.05) is 19.3 Å². The van der Waals surface area contributed by atoms with Gasteiger partial charge >= 0.3 is 17.9 Å². The van der Waals surface area contributed by atoms with Crippen molar-refractivity contribution in [1.82, 2.24) is 0 Å². The normalized spacial score (nSPS) is 12.8. The Labute approximate surface area is 382 Å². The highest BCUT2D eigenvalue weighted by atomic mass is 16.6. The number of rotatable bonds is 45. The van der Waals surface area contributed by atoms with Crippen LogP contribution in [0.5, 0.6) is 0 Å². The number of carbonyl (C=O) groups excluding carboxylic acids is 3. The molecule has 0 aromatic carbocycles. The minimum absolute atomic E-state index is 0.0895. The molecule has 0 aliphatic carbocycles. The molecule has 354 valence electrons. The molecular formula is C56H94O6. The average molecular weight is 863 g/mol. The lowest BCUT2D eigenvalue weighted by molar-refractivity contribution is -0.167. The number of hydrogen-bond acceptors (Lipinski definition) is 6. The molecule has 0 heterocycles. The maximum Gasteiger partial charge on any atom is 0.306 e. The van der Waals surface area contributed by atoms with Gasteiger partial charge in [-0.1, -0.05) is 202 Å². The van der Waals surface area contributed by atoms with E-state index in [1.165, 1.54) is 89.9 Å². The van der Waals surface area contributed by atoms with Gasteiger partial charge in [-0.05, 0) is 96.3 Å². The monoisotopic (exact) mass is 863 g/mol. The molecule has 6 heteroatoms. The molecular weight excluding hydrogens is 769 g/mol. The summed E-state index contributed by atoms with van der Waals surface area (Å²) in [6.07, 6.45) is 64.5. The zero-order valence-electron chi connectivity index (χ0n) is 40.4. The summed E-state index contributed by atoms with van der Waals surface area (Å²) >= 11 is 0. The smallest absolute Gasteiger partial charge is 0.306 e. The van der Waals surface area contributed by atoms with Crippen molar-refractivity contribution in [3.63, 3.8) is 0 Å². The summed E-state index contributed by atoms with van der Waals surface area (Å²) < 4.78 is 16.7. The van der Waals surface area contributed by atoms with E-state index in [2.05, 4.69) is 106 Å². The van der Waals surface area contributed by atoms with Gasteiger partial charge in [-0.25, -0.2) is 0 Å². The minimum atomic E-state index is -0.789. The molecule has 0 saturated heterocycles. The van der Waals surface area contributed by atoms with Crippen LogP contribution in [0.25, 0.3) is 0 Å². The molecule has 0 spiro atoms. The lowest BCUT2D eigenvalue weighted by Crippen LogP contribution is -2.30. The van der Waals surface area contributed by atoms with Crippen molar-refractivity contribution in [2.75, 3.05) is 13.2 Å². The topological polar surface area (TPSA) is 78.9 Å². The van der Waals surface area contributed by atoms with Gasteiger partial charge in [0.2, 0.25) is 0 Å². The largest absolute Gasteiger partial charge is 0.462 e. The molecule has 6 nitrogen and oxygen atoms in total. The Balaban J connectivity index is 4.29. The van der Waals surface area contributed by atoms with Crippen molar-refractivity contribution in [2.24, 2.45) is 0 Å². The molecule has 0 amide bonds. The Morgan fingerprint density at radius 1 is 0.339 bits per heavy atom. The first-order chi connectivity index (χ1) is 30.5. The standard InChI is InChI=1S/C56H94O6/c1-4-7-10-13-16-18-20-22-24-26-28-30-32-34-36-38-40-43-46-49-55(58)61-52-53(51-60-54(57)48-45-42-15-12-9-6-3)62-56(59)50-47-44-41-39-37-35-33-31-29-27-25-23-21-19-17-14-11-8-5-2/h7,10,16-19,22-25,28,30,34,36,53H,4-6,8-9,11-15,20-21,26-27,29,31-33,35,37-52H2,1-3H3/b10-7-,18-16-,19-17-,24-22-,25-23-,30-28-,36-34-. The van der Waals surface area contributed by atoms with Gasteiger partial charge < -0.3 is 14.2 Å². The molecule has 0 aromatic rings. The van der Waals surface area contributed by atoms with Gasteiger partial charge in [0.05, 0.1) is 0 Å². The van der Waals surface area contributed by atoms with Crippen molar-refractivity contribution in [3.8, 4) is 0 Å². The van der Waals surface area contributed by atoms with Gasteiger partial charge in [-0.2, -0.15) is 0 Å². The van der Waals surface area contributed by atoms with Crippen LogP contribution in [0.2, 0.25) is 0 Å². The minimum Gasteiger partial charge on any atom is -0.462 e. The van der Waals surface area contributed by atoms with Crippen LogP contribution in [0.1, 0.15) is 233 Å². The van der Waals surface area contributed by atoms with E-state index in [-0.39, 0.29) is 31.1 Å². The van der Waals surface area contributed by atoms with E-state index in [9.17, 15) is 14.4 Å². The van der Waals surface area contributed by atoms with Crippen molar-refractivity contribution >= 4 is 17.9 Å². The van der Waals surface area contributed by atoms with Gasteiger partial charge in [0.1, 0.15) is 13.2 Å². The predicted octanol–water partition coefficient (Wildman–Crippen LogP) is 16.8. The Morgan fingerprint density at radius 3 is 1.03 bits per heavy atom. The van der Waals surface area contributed by atoms with E-state index in [4.69, 9.17) is 14.2 Å². The van der Waals surface area contributed by atoms with E-state index in [0.717, 1.165) is 103 Å². The molecule has 0 aliphatic heterocycles. The number of unbranched alkanes of at least 4 members (excludes halogenated alkanes) is 20. The summed E-state index contributed by atoms with van der Waals surface area (Å²) in [6, 6.07) is 0. The second-order valence-corrected chi connectivity index (χ2v) is 16.7. The summed E-state index contributed by atoms with van der Waals surface area (Å²) in [5.74, 6) is -0.938. The fourth-order valence-corrected chi connectivity index (χ4v) is 6.79. The lowest BCUT2D eigenvalue weighted by Gasteiger charge is -2.18. The Kier molecular flexibility index (Phi) is 47.5. The molecule has 0 aliphatic rings. The molecule has 1 atom stereocenters. The summed E-state index contributed by atoms with van der Waals surface area (Å²) in [5, 5.41) is 0. The predicted molar refractivity (Wildman–Crippen MR) is 265 cm³/mol. The van der Waals surface area contributed by atoms with Gasteiger partial charge in [-0.15, -0.1) is 0 Å². The molecule has 0 N–H and O–H groups in total. The third kappa shape index (κ3) is 47.6. The van der Waals surface area contributed by atoms with Crippen LogP contribution in [-0.2, 0) is 28.6 Å². The highest BCUT2D eigenvalue weighted by Gasteiger charge is 2.19. The van der Waals surface area contributed by atoms with Crippen molar-refractivity contribution in [1.29, 1.82) is 0 Å². The van der Waals surface area contributed by atoms with Gasteiger partial charge in [-0.3, -0.25) is 14.4 Å². The first-order valence-corrected chi connectivity index (χ1v) is 25.6. The summed E-state index contributed by atoms with van der Waals surface area (Å²) in [7, 11) is 0. The van der Waals surface area contributed by atoms with Crippen LogP contribution in [0.15, 0.2) is 85.1 Å². The van der Waals surface area contributed by atoms with Crippen LogP contribution in [-0.4, -0.2) is 37.2 Å². The van der Waals surface area contributed by atoms with E-state index in [1.54, 1.807) is 0 Å². The van der Waals surface area contributed by atoms with Gasteiger partial charge in [0.25, 0.3) is 0 Å². The van der Waals surface area contributed by atoms with Crippen molar-refractivity contribution in [2.45, 2.75) is 239 Å². The summed E-state index contributed by atoms with van der Waals surface area (Å²) in [4.78, 5) is 37.7. The third-order valence-corrected chi connectivity index (χ3v) is 10.6.